The van der Waals surface area contributed by atoms with E-state index in [0.29, 0.717) is 0 Å². The molecule has 0 saturated heterocycles. The average Bonchev–Trinajstić information content (AvgIpc) is 3.12. The number of hydrogen-bond donors (Lipinski definition) is 3. The fourth-order valence-corrected chi connectivity index (χ4v) is 5.76. The van der Waals surface area contributed by atoms with Crippen LogP contribution in [-0.2, 0) is 19.5 Å². The first kappa shape index (κ1) is 19.2. The number of anilines is 2. The topological polar surface area (TPSA) is 48.8 Å². The molecule has 5 nitrogen and oxygen atoms in total. The van der Waals surface area contributed by atoms with Crippen molar-refractivity contribution < 1.29 is 9.69 Å². The minimum absolute atomic E-state index is 0.0504. The number of carbonyl (C=O) groups excluding carboxylic acids is 1. The fourth-order valence-electron chi connectivity index (χ4n) is 4.42. The Balaban J connectivity index is 1.35. The maximum Gasteiger partial charge on any atom is 0.256 e. The van der Waals surface area contributed by atoms with Crippen molar-refractivity contribution >= 4 is 27.9 Å². The van der Waals surface area contributed by atoms with E-state index < -0.39 is 0 Å². The molecule has 3 N–H and O–H groups in total. The van der Waals surface area contributed by atoms with E-state index in [2.05, 4.69) is 70.1 Å². The summed E-state index contributed by atoms with van der Waals surface area (Å²) >= 11 is 1.76. The van der Waals surface area contributed by atoms with Crippen molar-refractivity contribution in [3.05, 3.63) is 81.7 Å². The molecule has 2 aliphatic rings. The summed E-state index contributed by atoms with van der Waals surface area (Å²) < 4.78 is 0. The number of nitrogens with one attached hydrogen (secondary N) is 3. The first-order valence-corrected chi connectivity index (χ1v) is 11.3. The Morgan fingerprint density at radius 2 is 1.83 bits per heavy atom. The molecule has 2 aromatic carbocycles. The second-order valence-corrected chi connectivity index (χ2v) is 9.44. The molecule has 1 unspecified atom stereocenters. The zero-order valence-electron chi connectivity index (χ0n) is 17.4. The van der Waals surface area contributed by atoms with Gasteiger partial charge in [-0.15, -0.1) is 11.3 Å². The number of fused-ring (bicyclic) bond motifs is 3. The minimum atomic E-state index is -0.186. The van der Waals surface area contributed by atoms with E-state index in [9.17, 15) is 4.79 Å². The van der Waals surface area contributed by atoms with Crippen molar-refractivity contribution in [2.45, 2.75) is 25.7 Å². The van der Waals surface area contributed by atoms with Crippen LogP contribution in [0.4, 0.5) is 10.7 Å². The molecular weight excluding hydrogens is 392 g/mol. The molecule has 6 heteroatoms. The molecule has 2 aliphatic heterocycles. The minimum Gasteiger partial charge on any atom is -0.378 e. The van der Waals surface area contributed by atoms with Crippen LogP contribution in [0, 0.1) is 0 Å². The highest BCUT2D eigenvalue weighted by Crippen LogP contribution is 2.39. The molecule has 1 aromatic heterocycles. The zero-order valence-corrected chi connectivity index (χ0v) is 18.2. The van der Waals surface area contributed by atoms with Gasteiger partial charge in [0.15, 0.2) is 0 Å². The van der Waals surface area contributed by atoms with Crippen molar-refractivity contribution in [2.24, 2.45) is 0 Å². The van der Waals surface area contributed by atoms with Gasteiger partial charge in [0.2, 0.25) is 0 Å². The molecule has 3 heterocycles. The van der Waals surface area contributed by atoms with Gasteiger partial charge < -0.3 is 20.4 Å². The SMILES string of the molecule is CN(C)c1ccc([C@H]2NC(=O)c3c(sc4c3CC[NH+](Cc3ccccc3)C4)N2)cc1. The van der Waals surface area contributed by atoms with Gasteiger partial charge in [0.25, 0.3) is 5.91 Å². The van der Waals surface area contributed by atoms with Crippen LogP contribution in [0.5, 0.6) is 0 Å². The summed E-state index contributed by atoms with van der Waals surface area (Å²) in [5, 5.41) is 7.76. The van der Waals surface area contributed by atoms with Crippen molar-refractivity contribution in [2.75, 3.05) is 30.9 Å². The molecule has 0 spiro atoms. The largest absolute Gasteiger partial charge is 0.378 e. The van der Waals surface area contributed by atoms with Gasteiger partial charge in [-0.05, 0) is 23.3 Å². The lowest BCUT2D eigenvalue weighted by Crippen LogP contribution is -3.10. The number of thiophene rings is 1. The summed E-state index contributed by atoms with van der Waals surface area (Å²) in [6, 6.07) is 19.0. The van der Waals surface area contributed by atoms with Crippen LogP contribution in [0.2, 0.25) is 0 Å². The predicted molar refractivity (Wildman–Crippen MR) is 122 cm³/mol. The third kappa shape index (κ3) is 3.57. The molecule has 30 heavy (non-hydrogen) atoms. The summed E-state index contributed by atoms with van der Waals surface area (Å²) in [7, 11) is 4.06. The Bertz CT molecular complexity index is 1060. The summed E-state index contributed by atoms with van der Waals surface area (Å²) in [6.07, 6.45) is 0.773. The number of hydrogen-bond acceptors (Lipinski definition) is 4. The van der Waals surface area contributed by atoms with Crippen molar-refractivity contribution in [1.82, 2.24) is 5.32 Å². The Kier molecular flexibility index (Phi) is 4.97. The normalized spacial score (nSPS) is 20.0. The molecule has 0 radical (unpaired) electrons. The van der Waals surface area contributed by atoms with Crippen molar-refractivity contribution in [3.63, 3.8) is 0 Å². The first-order chi connectivity index (χ1) is 14.6. The number of amides is 1. The summed E-state index contributed by atoms with van der Waals surface area (Å²) in [5.41, 5.74) is 5.71. The van der Waals surface area contributed by atoms with Gasteiger partial charge >= 0.3 is 0 Å². The van der Waals surface area contributed by atoms with Gasteiger partial charge in [-0.2, -0.15) is 0 Å². The van der Waals surface area contributed by atoms with E-state index in [1.54, 1.807) is 16.2 Å². The summed E-state index contributed by atoms with van der Waals surface area (Å²) in [4.78, 5) is 18.0. The first-order valence-electron chi connectivity index (χ1n) is 10.4. The number of quaternary nitrogens is 1. The molecule has 0 fully saturated rings. The van der Waals surface area contributed by atoms with Crippen LogP contribution in [0.15, 0.2) is 54.6 Å². The summed E-state index contributed by atoms with van der Waals surface area (Å²) in [5.74, 6) is 0.0504. The second kappa shape index (κ2) is 7.78. The lowest BCUT2D eigenvalue weighted by Gasteiger charge is -2.27. The van der Waals surface area contributed by atoms with E-state index in [-0.39, 0.29) is 12.1 Å². The van der Waals surface area contributed by atoms with Gasteiger partial charge in [-0.25, -0.2) is 0 Å². The fraction of sp³-hybridized carbons (Fsp3) is 0.292. The van der Waals surface area contributed by atoms with E-state index in [1.807, 2.05) is 14.1 Å². The maximum absolute atomic E-state index is 13.0. The molecule has 154 valence electrons. The number of carbonyl (C=O) groups is 1. The third-order valence-electron chi connectivity index (χ3n) is 6.05. The number of rotatable bonds is 4. The Morgan fingerprint density at radius 1 is 1.07 bits per heavy atom. The quantitative estimate of drug-likeness (QED) is 0.610. The van der Waals surface area contributed by atoms with Crippen LogP contribution in [-0.4, -0.2) is 26.5 Å². The van der Waals surface area contributed by atoms with Crippen LogP contribution < -0.4 is 20.4 Å². The Labute approximate surface area is 181 Å². The van der Waals surface area contributed by atoms with Gasteiger partial charge in [0.05, 0.1) is 17.0 Å². The van der Waals surface area contributed by atoms with E-state index in [0.717, 1.165) is 47.9 Å². The van der Waals surface area contributed by atoms with Crippen LogP contribution in [0.1, 0.15) is 38.1 Å². The van der Waals surface area contributed by atoms with E-state index >= 15 is 0 Å². The smallest absolute Gasteiger partial charge is 0.256 e. The zero-order chi connectivity index (χ0) is 20.7. The molecule has 1 amide bonds. The molecule has 0 bridgehead atoms. The van der Waals surface area contributed by atoms with Gasteiger partial charge in [0.1, 0.15) is 24.3 Å². The third-order valence-corrected chi connectivity index (χ3v) is 7.21. The highest BCUT2D eigenvalue weighted by Gasteiger charge is 2.34. The molecule has 0 aliphatic carbocycles. The molecule has 0 saturated carbocycles. The van der Waals surface area contributed by atoms with Gasteiger partial charge in [-0.3, -0.25) is 4.79 Å². The summed E-state index contributed by atoms with van der Waals surface area (Å²) in [6.45, 7) is 3.08. The van der Waals surface area contributed by atoms with Gasteiger partial charge in [-0.1, -0.05) is 42.5 Å². The standard InChI is InChI=1S/C24H26N4OS/c1-27(2)18-10-8-17(9-11-18)22-25-23(29)21-19-12-13-28(14-16-6-4-3-5-7-16)15-20(19)30-24(21)26-22/h3-11,22,26H,12-15H2,1-2H3,(H,25,29)/p+1/t22-/m0/s1. The predicted octanol–water partition coefficient (Wildman–Crippen LogP) is 2.81. The Hall–Kier alpha value is -2.83. The lowest BCUT2D eigenvalue weighted by atomic mass is 10.00. The monoisotopic (exact) mass is 419 g/mol. The van der Waals surface area contributed by atoms with E-state index in [4.69, 9.17) is 0 Å². The highest BCUT2D eigenvalue weighted by molar-refractivity contribution is 7.16. The van der Waals surface area contributed by atoms with Crippen molar-refractivity contribution in [1.29, 1.82) is 0 Å². The van der Waals surface area contributed by atoms with Gasteiger partial charge in [0, 0.05) is 31.8 Å². The molecule has 2 atom stereocenters. The second-order valence-electron chi connectivity index (χ2n) is 8.33. The maximum atomic E-state index is 13.0. The number of nitrogens with zero attached hydrogens (tertiary/aromatic N) is 1. The van der Waals surface area contributed by atoms with E-state index in [1.165, 1.54) is 16.0 Å². The average molecular weight is 420 g/mol. The van der Waals surface area contributed by atoms with Crippen LogP contribution in [0.25, 0.3) is 0 Å². The highest BCUT2D eigenvalue weighted by atomic mass is 32.1. The van der Waals surface area contributed by atoms with Crippen LogP contribution in [0.3, 0.4) is 0 Å². The van der Waals surface area contributed by atoms with Crippen LogP contribution >= 0.6 is 11.3 Å². The molecule has 3 aromatic rings. The molecular formula is C24H27N4OS+. The number of benzene rings is 2. The lowest BCUT2D eigenvalue weighted by molar-refractivity contribution is -0.929. The molecule has 5 rings (SSSR count). The van der Waals surface area contributed by atoms with Crippen molar-refractivity contribution in [3.8, 4) is 0 Å². The Morgan fingerprint density at radius 3 is 2.57 bits per heavy atom.